The van der Waals surface area contributed by atoms with Crippen molar-refractivity contribution in [1.29, 1.82) is 0 Å². The Bertz CT molecular complexity index is 505. The summed E-state index contributed by atoms with van der Waals surface area (Å²) in [4.78, 5) is 0.119. The fourth-order valence-electron chi connectivity index (χ4n) is 1.25. The summed E-state index contributed by atoms with van der Waals surface area (Å²) in [5.41, 5.74) is 6.17. The number of hydrogen-bond donors (Lipinski definition) is 2. The maximum Gasteiger partial charge on any atom is 0.240 e. The van der Waals surface area contributed by atoms with E-state index in [1.807, 2.05) is 0 Å². The summed E-state index contributed by atoms with van der Waals surface area (Å²) in [6.07, 6.45) is -0.196. The highest BCUT2D eigenvalue weighted by Gasteiger charge is 2.16. The summed E-state index contributed by atoms with van der Waals surface area (Å²) in [6, 6.07) is 4.48. The number of ether oxygens (including phenoxy) is 1. The van der Waals surface area contributed by atoms with E-state index in [9.17, 15) is 8.42 Å². The summed E-state index contributed by atoms with van der Waals surface area (Å²) in [5.74, 6) is 0. The van der Waals surface area contributed by atoms with E-state index in [1.54, 1.807) is 13.0 Å². The molecule has 0 amide bonds. The average molecular weight is 293 g/mol. The Kier molecular flexibility index (Phi) is 5.55. The van der Waals surface area contributed by atoms with E-state index >= 15 is 0 Å². The Morgan fingerprint density at radius 2 is 2.17 bits per heavy atom. The van der Waals surface area contributed by atoms with E-state index in [0.29, 0.717) is 10.6 Å². The third-order valence-electron chi connectivity index (χ3n) is 2.52. The van der Waals surface area contributed by atoms with Crippen LogP contribution in [0.15, 0.2) is 23.1 Å². The molecule has 102 valence electrons. The van der Waals surface area contributed by atoms with Gasteiger partial charge in [0.15, 0.2) is 0 Å². The molecule has 18 heavy (non-hydrogen) atoms. The summed E-state index contributed by atoms with van der Waals surface area (Å²) in [7, 11) is -2.05. The zero-order chi connectivity index (χ0) is 13.8. The van der Waals surface area contributed by atoms with E-state index in [4.69, 9.17) is 22.1 Å². The van der Waals surface area contributed by atoms with Crippen LogP contribution in [0, 0.1) is 0 Å². The van der Waals surface area contributed by atoms with Crippen LogP contribution < -0.4 is 10.5 Å². The molecule has 0 radical (unpaired) electrons. The molecule has 1 aromatic rings. The zero-order valence-corrected chi connectivity index (χ0v) is 11.9. The van der Waals surface area contributed by atoms with Crippen molar-refractivity contribution in [2.75, 3.05) is 13.7 Å². The fraction of sp³-hybridized carbons (Fsp3) is 0.455. The lowest BCUT2D eigenvalue weighted by Crippen LogP contribution is -2.31. The minimum absolute atomic E-state index is 0.119. The van der Waals surface area contributed by atoms with Gasteiger partial charge >= 0.3 is 0 Å². The van der Waals surface area contributed by atoms with Gasteiger partial charge in [0.2, 0.25) is 10.0 Å². The van der Waals surface area contributed by atoms with Crippen LogP contribution in [-0.2, 0) is 21.3 Å². The zero-order valence-electron chi connectivity index (χ0n) is 10.3. The van der Waals surface area contributed by atoms with Crippen molar-refractivity contribution < 1.29 is 13.2 Å². The lowest BCUT2D eigenvalue weighted by atomic mass is 10.2. The van der Waals surface area contributed by atoms with E-state index in [0.717, 1.165) is 0 Å². The first kappa shape index (κ1) is 15.4. The second-order valence-corrected chi connectivity index (χ2v) is 6.03. The third-order valence-corrected chi connectivity index (χ3v) is 4.29. The lowest BCUT2D eigenvalue weighted by molar-refractivity contribution is 0.122. The van der Waals surface area contributed by atoms with Crippen molar-refractivity contribution in [2.24, 2.45) is 5.73 Å². The van der Waals surface area contributed by atoms with Crippen LogP contribution in [0.5, 0.6) is 0 Å². The number of rotatable bonds is 6. The molecule has 1 unspecified atom stereocenters. The monoisotopic (exact) mass is 292 g/mol. The molecule has 0 aliphatic carbocycles. The fourth-order valence-corrected chi connectivity index (χ4v) is 2.72. The Morgan fingerprint density at radius 1 is 1.50 bits per heavy atom. The normalized spacial score (nSPS) is 13.6. The van der Waals surface area contributed by atoms with Gasteiger partial charge in [0.25, 0.3) is 0 Å². The van der Waals surface area contributed by atoms with Gasteiger partial charge in [-0.15, -0.1) is 0 Å². The van der Waals surface area contributed by atoms with E-state index < -0.39 is 10.0 Å². The summed E-state index contributed by atoms with van der Waals surface area (Å²) in [5, 5.41) is 0.347. The maximum atomic E-state index is 11.9. The lowest BCUT2D eigenvalue weighted by Gasteiger charge is -2.12. The molecule has 0 bridgehead atoms. The van der Waals surface area contributed by atoms with Crippen molar-refractivity contribution in [3.8, 4) is 0 Å². The number of hydrogen-bond acceptors (Lipinski definition) is 4. The predicted octanol–water partition coefficient (Wildman–Crippen LogP) is 1.11. The van der Waals surface area contributed by atoms with Gasteiger partial charge in [-0.3, -0.25) is 0 Å². The standard InChI is InChI=1S/C11H17ClN2O3S/c1-8(17-2)7-14-18(15,16)10-4-3-9(6-13)11(12)5-10/h3-5,8,14H,6-7,13H2,1-2H3. The molecule has 1 rings (SSSR count). The minimum atomic E-state index is -3.57. The van der Waals surface area contributed by atoms with Gasteiger partial charge in [-0.2, -0.15) is 0 Å². The molecular weight excluding hydrogens is 276 g/mol. The van der Waals surface area contributed by atoms with Crippen LogP contribution in [0.1, 0.15) is 12.5 Å². The molecule has 0 aromatic heterocycles. The molecule has 1 atom stereocenters. The maximum absolute atomic E-state index is 11.9. The molecule has 5 nitrogen and oxygen atoms in total. The van der Waals surface area contributed by atoms with Gasteiger partial charge in [-0.25, -0.2) is 13.1 Å². The molecular formula is C11H17ClN2O3S. The number of methoxy groups -OCH3 is 1. The predicted molar refractivity (Wildman–Crippen MR) is 71.0 cm³/mol. The highest BCUT2D eigenvalue weighted by atomic mass is 35.5. The smallest absolute Gasteiger partial charge is 0.240 e. The Balaban J connectivity index is 2.88. The van der Waals surface area contributed by atoms with Gasteiger partial charge in [0, 0.05) is 25.2 Å². The van der Waals surface area contributed by atoms with Gasteiger partial charge in [0.1, 0.15) is 0 Å². The van der Waals surface area contributed by atoms with Crippen LogP contribution in [0.3, 0.4) is 0 Å². The molecule has 0 fully saturated rings. The Hall–Kier alpha value is -0.660. The van der Waals surface area contributed by atoms with Crippen LogP contribution >= 0.6 is 11.6 Å². The van der Waals surface area contributed by atoms with E-state index in [1.165, 1.54) is 19.2 Å². The molecule has 0 spiro atoms. The number of benzene rings is 1. The molecule has 1 aromatic carbocycles. The van der Waals surface area contributed by atoms with Gasteiger partial charge in [0.05, 0.1) is 11.0 Å². The van der Waals surface area contributed by atoms with Gasteiger partial charge in [-0.05, 0) is 24.6 Å². The quantitative estimate of drug-likeness (QED) is 0.823. The SMILES string of the molecule is COC(C)CNS(=O)(=O)c1ccc(CN)c(Cl)c1. The van der Waals surface area contributed by atoms with Crippen molar-refractivity contribution in [1.82, 2.24) is 4.72 Å². The van der Waals surface area contributed by atoms with Crippen LogP contribution in [0.25, 0.3) is 0 Å². The minimum Gasteiger partial charge on any atom is -0.380 e. The molecule has 0 saturated heterocycles. The molecule has 0 saturated carbocycles. The van der Waals surface area contributed by atoms with E-state index in [2.05, 4.69) is 4.72 Å². The van der Waals surface area contributed by atoms with Crippen molar-refractivity contribution in [3.63, 3.8) is 0 Å². The van der Waals surface area contributed by atoms with Gasteiger partial charge in [-0.1, -0.05) is 17.7 Å². The average Bonchev–Trinajstić information content (AvgIpc) is 2.35. The first-order valence-corrected chi connectivity index (χ1v) is 7.27. The third kappa shape index (κ3) is 3.93. The number of sulfonamides is 1. The molecule has 0 aliphatic heterocycles. The largest absolute Gasteiger partial charge is 0.380 e. The number of nitrogens with one attached hydrogen (secondary N) is 1. The number of nitrogens with two attached hydrogens (primary N) is 1. The molecule has 3 N–H and O–H groups in total. The highest BCUT2D eigenvalue weighted by Crippen LogP contribution is 2.20. The Labute approximate surface area is 112 Å². The van der Waals surface area contributed by atoms with Gasteiger partial charge < -0.3 is 10.5 Å². The summed E-state index contributed by atoms with van der Waals surface area (Å²) >= 11 is 5.93. The van der Waals surface area contributed by atoms with Crippen molar-refractivity contribution in [2.45, 2.75) is 24.5 Å². The van der Waals surface area contributed by atoms with Crippen molar-refractivity contribution in [3.05, 3.63) is 28.8 Å². The summed E-state index contributed by atoms with van der Waals surface area (Å²) in [6.45, 7) is 2.25. The first-order chi connectivity index (χ1) is 8.40. The Morgan fingerprint density at radius 3 is 2.67 bits per heavy atom. The first-order valence-electron chi connectivity index (χ1n) is 5.41. The second kappa shape index (κ2) is 6.49. The van der Waals surface area contributed by atoms with Crippen molar-refractivity contribution >= 4 is 21.6 Å². The van der Waals surface area contributed by atoms with Crippen LogP contribution in [0.4, 0.5) is 0 Å². The molecule has 7 heteroatoms. The molecule has 0 aliphatic rings. The van der Waals surface area contributed by atoms with Crippen LogP contribution in [-0.4, -0.2) is 28.2 Å². The summed E-state index contributed by atoms with van der Waals surface area (Å²) < 4.78 is 31.3. The molecule has 0 heterocycles. The van der Waals surface area contributed by atoms with E-state index in [-0.39, 0.29) is 24.1 Å². The highest BCUT2D eigenvalue weighted by molar-refractivity contribution is 7.89. The van der Waals surface area contributed by atoms with Crippen LogP contribution in [0.2, 0.25) is 5.02 Å². The number of halogens is 1. The topological polar surface area (TPSA) is 81.4 Å². The second-order valence-electron chi connectivity index (χ2n) is 3.86.